The van der Waals surface area contributed by atoms with Crippen molar-refractivity contribution in [2.75, 3.05) is 0 Å². The van der Waals surface area contributed by atoms with Crippen LogP contribution in [0.15, 0.2) is 11.6 Å². The summed E-state index contributed by atoms with van der Waals surface area (Å²) in [5.74, 6) is 0. The molecule has 2 amide bonds. The average molecular weight is 386 g/mol. The summed E-state index contributed by atoms with van der Waals surface area (Å²) in [4.78, 5) is 24.1. The average Bonchev–Trinajstić information content (AvgIpc) is 2.40. The third-order valence-electron chi connectivity index (χ3n) is 3.79. The lowest BCUT2D eigenvalue weighted by atomic mass is 9.93. The van der Waals surface area contributed by atoms with Crippen LogP contribution in [0.4, 0.5) is 9.59 Å². The molecule has 27 heavy (non-hydrogen) atoms. The Kier molecular flexibility index (Phi) is 7.68. The number of alkyl carbamates (subject to hydrolysis) is 2. The van der Waals surface area contributed by atoms with Crippen molar-refractivity contribution in [1.82, 2.24) is 10.6 Å². The largest absolute Gasteiger partial charge is 0.442 e. The Morgan fingerprint density at radius 3 is 1.85 bits per heavy atom. The summed E-state index contributed by atoms with van der Waals surface area (Å²) in [5.41, 5.74) is -0.296. The first kappa shape index (κ1) is 23.2. The first-order valence-corrected chi connectivity index (χ1v) is 9.18. The standard InChI is InChI=1S/C19H34N2O6/c1-11-8-12(26-16(24)20-18(2,3)4)9-13(22)14(23)10-15(11)27-17(25)21-19(5,6)7/h8,12-15,22-23H,9-10H2,1-7H3,(H,20,24)(H,21,25)/b11-8+. The Hall–Kier alpha value is -1.80. The zero-order chi connectivity index (χ0) is 21.0. The van der Waals surface area contributed by atoms with Crippen molar-refractivity contribution < 1.29 is 29.3 Å². The highest BCUT2D eigenvalue weighted by atomic mass is 16.6. The van der Waals surface area contributed by atoms with Gasteiger partial charge in [-0.3, -0.25) is 0 Å². The molecule has 4 unspecified atom stereocenters. The fraction of sp³-hybridized carbons (Fsp3) is 0.789. The van der Waals surface area contributed by atoms with Crippen LogP contribution in [-0.4, -0.2) is 57.9 Å². The molecular weight excluding hydrogens is 352 g/mol. The number of aliphatic hydroxyl groups is 2. The molecule has 156 valence electrons. The second-order valence-electron chi connectivity index (χ2n) is 9.10. The molecule has 0 bridgehead atoms. The number of nitrogens with one attached hydrogen (secondary N) is 2. The molecule has 0 aromatic carbocycles. The summed E-state index contributed by atoms with van der Waals surface area (Å²) in [5, 5.41) is 25.8. The van der Waals surface area contributed by atoms with Crippen molar-refractivity contribution in [1.29, 1.82) is 0 Å². The molecule has 0 heterocycles. The fourth-order valence-electron chi connectivity index (χ4n) is 2.59. The van der Waals surface area contributed by atoms with E-state index in [4.69, 9.17) is 9.47 Å². The molecule has 8 nitrogen and oxygen atoms in total. The molecule has 1 aliphatic carbocycles. The Labute approximate surface area is 161 Å². The highest BCUT2D eigenvalue weighted by molar-refractivity contribution is 5.69. The number of carbonyl (C=O) groups is 2. The van der Waals surface area contributed by atoms with Crippen LogP contribution < -0.4 is 10.6 Å². The van der Waals surface area contributed by atoms with Crippen LogP contribution in [0.2, 0.25) is 0 Å². The molecule has 0 aromatic heterocycles. The van der Waals surface area contributed by atoms with Gasteiger partial charge >= 0.3 is 12.2 Å². The van der Waals surface area contributed by atoms with Crippen LogP contribution in [0.1, 0.15) is 61.3 Å². The molecule has 0 fully saturated rings. The maximum Gasteiger partial charge on any atom is 0.408 e. The zero-order valence-electron chi connectivity index (χ0n) is 17.3. The lowest BCUT2D eigenvalue weighted by Gasteiger charge is -2.31. The Morgan fingerprint density at radius 1 is 0.926 bits per heavy atom. The summed E-state index contributed by atoms with van der Waals surface area (Å²) in [7, 11) is 0. The van der Waals surface area contributed by atoms with Gasteiger partial charge < -0.3 is 30.3 Å². The topological polar surface area (TPSA) is 117 Å². The van der Waals surface area contributed by atoms with Crippen LogP contribution in [0, 0.1) is 0 Å². The van der Waals surface area contributed by atoms with E-state index in [1.807, 2.05) is 41.5 Å². The number of amides is 2. The molecule has 0 aromatic rings. The van der Waals surface area contributed by atoms with E-state index in [1.54, 1.807) is 13.0 Å². The Morgan fingerprint density at radius 2 is 1.37 bits per heavy atom. The van der Waals surface area contributed by atoms with Gasteiger partial charge in [-0.25, -0.2) is 9.59 Å². The number of hydrogen-bond acceptors (Lipinski definition) is 6. The summed E-state index contributed by atoms with van der Waals surface area (Å²) in [6.45, 7) is 12.7. The van der Waals surface area contributed by atoms with E-state index in [-0.39, 0.29) is 12.8 Å². The highest BCUT2D eigenvalue weighted by Gasteiger charge is 2.32. The van der Waals surface area contributed by atoms with Crippen LogP contribution in [0.5, 0.6) is 0 Å². The van der Waals surface area contributed by atoms with Gasteiger partial charge in [-0.15, -0.1) is 0 Å². The van der Waals surface area contributed by atoms with Crippen molar-refractivity contribution in [3.63, 3.8) is 0 Å². The molecule has 4 N–H and O–H groups in total. The van der Waals surface area contributed by atoms with Crippen LogP contribution in [0.3, 0.4) is 0 Å². The predicted molar refractivity (Wildman–Crippen MR) is 101 cm³/mol. The first-order valence-electron chi connectivity index (χ1n) is 9.18. The zero-order valence-corrected chi connectivity index (χ0v) is 17.3. The maximum atomic E-state index is 12.1. The minimum Gasteiger partial charge on any atom is -0.442 e. The normalized spacial score (nSPS) is 28.9. The molecule has 8 heteroatoms. The van der Waals surface area contributed by atoms with Crippen molar-refractivity contribution in [3.05, 3.63) is 11.6 Å². The summed E-state index contributed by atoms with van der Waals surface area (Å²) in [6.07, 6.45) is -3.21. The monoisotopic (exact) mass is 386 g/mol. The van der Waals surface area contributed by atoms with Gasteiger partial charge in [-0.2, -0.15) is 0 Å². The van der Waals surface area contributed by atoms with Gasteiger partial charge in [0.25, 0.3) is 0 Å². The van der Waals surface area contributed by atoms with Gasteiger partial charge in [-0.05, 0) is 60.1 Å². The van der Waals surface area contributed by atoms with Gasteiger partial charge in [0.1, 0.15) is 12.2 Å². The fourth-order valence-corrected chi connectivity index (χ4v) is 2.59. The number of aliphatic hydroxyl groups excluding tert-OH is 2. The molecule has 0 saturated heterocycles. The van der Waals surface area contributed by atoms with Crippen molar-refractivity contribution in [2.24, 2.45) is 0 Å². The third kappa shape index (κ3) is 9.10. The van der Waals surface area contributed by atoms with Gasteiger partial charge in [0.05, 0.1) is 12.2 Å². The molecular formula is C19H34N2O6. The molecule has 0 saturated carbocycles. The smallest absolute Gasteiger partial charge is 0.408 e. The Bertz CT molecular complexity index is 562. The van der Waals surface area contributed by atoms with Gasteiger partial charge in [-0.1, -0.05) is 0 Å². The van der Waals surface area contributed by atoms with Gasteiger partial charge in [0.15, 0.2) is 0 Å². The molecule has 1 aliphatic rings. The van der Waals surface area contributed by atoms with Gasteiger partial charge in [0.2, 0.25) is 0 Å². The minimum absolute atomic E-state index is 0.0526. The van der Waals surface area contributed by atoms with Crippen molar-refractivity contribution in [2.45, 2.75) is 96.8 Å². The second-order valence-corrected chi connectivity index (χ2v) is 9.10. The van der Waals surface area contributed by atoms with Crippen molar-refractivity contribution >= 4 is 12.2 Å². The van der Waals surface area contributed by atoms with E-state index >= 15 is 0 Å². The van der Waals surface area contributed by atoms with Crippen LogP contribution >= 0.6 is 0 Å². The maximum absolute atomic E-state index is 12.1. The molecule has 4 atom stereocenters. The summed E-state index contributed by atoms with van der Waals surface area (Å²) < 4.78 is 10.8. The van der Waals surface area contributed by atoms with Crippen LogP contribution in [-0.2, 0) is 9.47 Å². The van der Waals surface area contributed by atoms with Crippen LogP contribution in [0.25, 0.3) is 0 Å². The first-order chi connectivity index (χ1) is 12.2. The molecule has 0 spiro atoms. The van der Waals surface area contributed by atoms with Gasteiger partial charge in [0, 0.05) is 23.9 Å². The van der Waals surface area contributed by atoms with E-state index in [0.717, 1.165) is 0 Å². The van der Waals surface area contributed by atoms with E-state index in [2.05, 4.69) is 10.6 Å². The molecule has 1 rings (SSSR count). The molecule has 0 aliphatic heterocycles. The SMILES string of the molecule is C/C1=C\C(OC(=O)NC(C)(C)C)CC(O)C(O)CC1OC(=O)NC(C)(C)C. The highest BCUT2D eigenvalue weighted by Crippen LogP contribution is 2.23. The summed E-state index contributed by atoms with van der Waals surface area (Å²) >= 11 is 0. The lowest BCUT2D eigenvalue weighted by molar-refractivity contribution is -0.0334. The predicted octanol–water partition coefficient (Wildman–Crippen LogP) is 2.23. The number of hydrogen-bond donors (Lipinski definition) is 4. The van der Waals surface area contributed by atoms with E-state index in [0.29, 0.717) is 5.57 Å². The van der Waals surface area contributed by atoms with E-state index < -0.39 is 47.7 Å². The lowest BCUT2D eigenvalue weighted by Crippen LogP contribution is -2.45. The minimum atomic E-state index is -1.11. The molecule has 0 radical (unpaired) electrons. The number of ether oxygens (including phenoxy) is 2. The van der Waals surface area contributed by atoms with E-state index in [1.165, 1.54) is 0 Å². The summed E-state index contributed by atoms with van der Waals surface area (Å²) in [6, 6.07) is 0. The third-order valence-corrected chi connectivity index (χ3v) is 3.79. The number of rotatable bonds is 2. The Balaban J connectivity index is 2.91. The van der Waals surface area contributed by atoms with Crippen molar-refractivity contribution in [3.8, 4) is 0 Å². The van der Waals surface area contributed by atoms with E-state index in [9.17, 15) is 19.8 Å². The number of carbonyl (C=O) groups excluding carboxylic acids is 2. The quantitative estimate of drug-likeness (QED) is 0.541. The second kappa shape index (κ2) is 8.93.